The van der Waals surface area contributed by atoms with Crippen LogP contribution in [0.15, 0.2) is 0 Å². The maximum absolute atomic E-state index is 12.1. The number of nitrogens with zero attached hydrogens (tertiary/aromatic N) is 1. The van der Waals surface area contributed by atoms with Crippen LogP contribution in [0.3, 0.4) is 0 Å². The molecule has 0 aromatic carbocycles. The van der Waals surface area contributed by atoms with Crippen LogP contribution < -0.4 is 10.6 Å². The number of hydrogen-bond donors (Lipinski definition) is 2. The van der Waals surface area contributed by atoms with E-state index < -0.39 is 0 Å². The zero-order valence-corrected chi connectivity index (χ0v) is 12.5. The van der Waals surface area contributed by atoms with Crippen molar-refractivity contribution in [3.63, 3.8) is 0 Å². The highest BCUT2D eigenvalue weighted by Gasteiger charge is 2.28. The maximum Gasteiger partial charge on any atom is 0.236 e. The summed E-state index contributed by atoms with van der Waals surface area (Å²) >= 11 is 0. The largest absolute Gasteiger partial charge is 0.356 e. The summed E-state index contributed by atoms with van der Waals surface area (Å²) in [7, 11) is 0. The van der Waals surface area contributed by atoms with E-state index in [1.54, 1.807) is 0 Å². The number of piperidine rings is 1. The van der Waals surface area contributed by atoms with Crippen molar-refractivity contribution in [1.29, 1.82) is 0 Å². The van der Waals surface area contributed by atoms with Gasteiger partial charge in [0.2, 0.25) is 11.8 Å². The molecule has 1 atom stereocenters. The molecular weight excluding hydrogens is 254 g/mol. The highest BCUT2D eigenvalue weighted by Crippen LogP contribution is 2.27. The molecule has 1 aliphatic heterocycles. The third-order valence-electron chi connectivity index (χ3n) is 4.10. The summed E-state index contributed by atoms with van der Waals surface area (Å²) in [6.45, 7) is 5.52. The minimum atomic E-state index is -0.0253. The van der Waals surface area contributed by atoms with Gasteiger partial charge >= 0.3 is 0 Å². The number of nitrogens with one attached hydrogen (secondary N) is 2. The Hall–Kier alpha value is -1.10. The number of hydrogen-bond acceptors (Lipinski definition) is 3. The average molecular weight is 281 g/mol. The van der Waals surface area contributed by atoms with Crippen LogP contribution >= 0.6 is 0 Å². The van der Waals surface area contributed by atoms with Gasteiger partial charge in [-0.05, 0) is 44.6 Å². The molecule has 2 amide bonds. The molecule has 5 heteroatoms. The predicted octanol–water partition coefficient (Wildman–Crippen LogP) is 0.751. The first-order valence-corrected chi connectivity index (χ1v) is 7.97. The Bertz CT molecular complexity index is 342. The standard InChI is InChI=1S/C15H27N3O2/c1-2-7-17-15(20)13-4-3-8-18(11-13)14(19)10-16-9-12-5-6-12/h12-13,16H,2-11H2,1H3,(H,17,20). The van der Waals surface area contributed by atoms with Crippen LogP contribution in [0.1, 0.15) is 39.0 Å². The smallest absolute Gasteiger partial charge is 0.236 e. The molecule has 2 aliphatic rings. The van der Waals surface area contributed by atoms with Crippen molar-refractivity contribution in [2.45, 2.75) is 39.0 Å². The fourth-order valence-corrected chi connectivity index (χ4v) is 2.63. The van der Waals surface area contributed by atoms with Gasteiger partial charge in [0.1, 0.15) is 0 Å². The minimum Gasteiger partial charge on any atom is -0.356 e. The van der Waals surface area contributed by atoms with Gasteiger partial charge in [-0.3, -0.25) is 9.59 Å². The van der Waals surface area contributed by atoms with Crippen LogP contribution in [-0.4, -0.2) is 49.4 Å². The first-order valence-electron chi connectivity index (χ1n) is 7.97. The van der Waals surface area contributed by atoms with Crippen LogP contribution in [0, 0.1) is 11.8 Å². The topological polar surface area (TPSA) is 61.4 Å². The van der Waals surface area contributed by atoms with E-state index in [0.717, 1.165) is 44.8 Å². The van der Waals surface area contributed by atoms with Crippen molar-refractivity contribution in [3.05, 3.63) is 0 Å². The van der Waals surface area contributed by atoms with E-state index in [2.05, 4.69) is 10.6 Å². The maximum atomic E-state index is 12.1. The number of likely N-dealkylation sites (tertiary alicyclic amines) is 1. The van der Waals surface area contributed by atoms with Crippen molar-refractivity contribution < 1.29 is 9.59 Å². The van der Waals surface area contributed by atoms with Gasteiger partial charge in [-0.25, -0.2) is 0 Å². The van der Waals surface area contributed by atoms with Gasteiger partial charge in [0.15, 0.2) is 0 Å². The Balaban J connectivity index is 1.70. The van der Waals surface area contributed by atoms with Crippen LogP contribution in [-0.2, 0) is 9.59 Å². The zero-order valence-electron chi connectivity index (χ0n) is 12.5. The Kier molecular flexibility index (Phi) is 5.83. The quantitative estimate of drug-likeness (QED) is 0.724. The number of carbonyl (C=O) groups excluding carboxylic acids is 2. The second-order valence-corrected chi connectivity index (χ2v) is 6.04. The van der Waals surface area contributed by atoms with Gasteiger partial charge in [-0.15, -0.1) is 0 Å². The van der Waals surface area contributed by atoms with Crippen molar-refractivity contribution in [2.75, 3.05) is 32.7 Å². The molecule has 0 aromatic heterocycles. The first-order chi connectivity index (χ1) is 9.70. The predicted molar refractivity (Wildman–Crippen MR) is 78.2 cm³/mol. The monoisotopic (exact) mass is 281 g/mol. The lowest BCUT2D eigenvalue weighted by Gasteiger charge is -2.32. The molecule has 114 valence electrons. The molecule has 2 fully saturated rings. The Labute approximate surface area is 121 Å². The summed E-state index contributed by atoms with van der Waals surface area (Å²) < 4.78 is 0. The molecule has 1 saturated carbocycles. The van der Waals surface area contributed by atoms with Gasteiger partial charge in [0.25, 0.3) is 0 Å². The summed E-state index contributed by atoms with van der Waals surface area (Å²) in [6, 6.07) is 0. The molecule has 1 aliphatic carbocycles. The summed E-state index contributed by atoms with van der Waals surface area (Å²) in [5.41, 5.74) is 0. The fraction of sp³-hybridized carbons (Fsp3) is 0.867. The van der Waals surface area contributed by atoms with Gasteiger partial charge < -0.3 is 15.5 Å². The molecule has 0 aromatic rings. The average Bonchev–Trinajstić information content (AvgIpc) is 3.29. The lowest BCUT2D eigenvalue weighted by molar-refractivity contribution is -0.135. The number of rotatable bonds is 7. The lowest BCUT2D eigenvalue weighted by Crippen LogP contribution is -2.48. The van der Waals surface area contributed by atoms with Crippen molar-refractivity contribution in [1.82, 2.24) is 15.5 Å². The van der Waals surface area contributed by atoms with Crippen LogP contribution in [0.25, 0.3) is 0 Å². The molecule has 0 bridgehead atoms. The van der Waals surface area contributed by atoms with Gasteiger partial charge in [0, 0.05) is 19.6 Å². The summed E-state index contributed by atoms with van der Waals surface area (Å²) in [4.78, 5) is 25.9. The van der Waals surface area contributed by atoms with E-state index in [1.807, 2.05) is 11.8 Å². The second kappa shape index (κ2) is 7.62. The van der Waals surface area contributed by atoms with Crippen molar-refractivity contribution >= 4 is 11.8 Å². The molecule has 5 nitrogen and oxygen atoms in total. The molecule has 2 rings (SSSR count). The van der Waals surface area contributed by atoms with Gasteiger partial charge in [0.05, 0.1) is 12.5 Å². The highest BCUT2D eigenvalue weighted by molar-refractivity contribution is 5.82. The van der Waals surface area contributed by atoms with E-state index in [0.29, 0.717) is 13.1 Å². The Morgan fingerprint density at radius 3 is 2.75 bits per heavy atom. The van der Waals surface area contributed by atoms with Crippen molar-refractivity contribution in [3.8, 4) is 0 Å². The molecule has 1 saturated heterocycles. The SMILES string of the molecule is CCCNC(=O)C1CCCN(C(=O)CNCC2CC2)C1. The molecule has 0 spiro atoms. The van der Waals surface area contributed by atoms with Crippen LogP contribution in [0.5, 0.6) is 0 Å². The van der Waals surface area contributed by atoms with E-state index in [1.165, 1.54) is 12.8 Å². The Morgan fingerprint density at radius 1 is 1.25 bits per heavy atom. The summed E-state index contributed by atoms with van der Waals surface area (Å²) in [5.74, 6) is 1.01. The molecule has 2 N–H and O–H groups in total. The summed E-state index contributed by atoms with van der Waals surface area (Å²) in [6.07, 6.45) is 5.37. The van der Waals surface area contributed by atoms with E-state index in [9.17, 15) is 9.59 Å². The molecule has 20 heavy (non-hydrogen) atoms. The first kappa shape index (κ1) is 15.3. The molecular formula is C15H27N3O2. The zero-order chi connectivity index (χ0) is 14.4. The van der Waals surface area contributed by atoms with E-state index in [4.69, 9.17) is 0 Å². The minimum absolute atomic E-state index is 0.0253. The van der Waals surface area contributed by atoms with E-state index in [-0.39, 0.29) is 17.7 Å². The number of amides is 2. The van der Waals surface area contributed by atoms with Crippen LogP contribution in [0.4, 0.5) is 0 Å². The normalized spacial score (nSPS) is 22.6. The lowest BCUT2D eigenvalue weighted by atomic mass is 9.97. The Morgan fingerprint density at radius 2 is 2.05 bits per heavy atom. The summed E-state index contributed by atoms with van der Waals surface area (Å²) in [5, 5.41) is 6.17. The third kappa shape index (κ3) is 4.78. The van der Waals surface area contributed by atoms with Gasteiger partial charge in [-0.1, -0.05) is 6.92 Å². The van der Waals surface area contributed by atoms with E-state index >= 15 is 0 Å². The molecule has 1 unspecified atom stereocenters. The molecule has 1 heterocycles. The van der Waals surface area contributed by atoms with Crippen LogP contribution in [0.2, 0.25) is 0 Å². The fourth-order valence-electron chi connectivity index (χ4n) is 2.63. The third-order valence-corrected chi connectivity index (χ3v) is 4.10. The number of carbonyl (C=O) groups is 2. The van der Waals surface area contributed by atoms with Gasteiger partial charge in [-0.2, -0.15) is 0 Å². The highest BCUT2D eigenvalue weighted by atomic mass is 16.2. The molecule has 0 radical (unpaired) electrons. The second-order valence-electron chi connectivity index (χ2n) is 6.04. The van der Waals surface area contributed by atoms with Crippen molar-refractivity contribution in [2.24, 2.45) is 11.8 Å².